The van der Waals surface area contributed by atoms with E-state index in [0.717, 1.165) is 5.56 Å². The van der Waals surface area contributed by atoms with Gasteiger partial charge in [-0.3, -0.25) is 9.59 Å². The number of phenolic OH excluding ortho intramolecular Hbond substituents is 1. The maximum atomic E-state index is 13.7. The maximum absolute atomic E-state index is 13.7. The van der Waals surface area contributed by atoms with E-state index in [4.69, 9.17) is 4.74 Å². The molecule has 0 spiro atoms. The van der Waals surface area contributed by atoms with Crippen LogP contribution in [0.4, 0.5) is 10.5 Å². The Balaban J connectivity index is 2.46. The zero-order chi connectivity index (χ0) is 26.5. The third kappa shape index (κ3) is 7.47. The highest BCUT2D eigenvalue weighted by molar-refractivity contribution is 5.99. The number of hydrogen-bond donors (Lipinski definition) is 3. The van der Waals surface area contributed by atoms with Crippen LogP contribution in [0.15, 0.2) is 42.5 Å². The van der Waals surface area contributed by atoms with E-state index in [1.54, 1.807) is 66.7 Å². The lowest BCUT2D eigenvalue weighted by Gasteiger charge is -2.36. The Kier molecular flexibility index (Phi) is 8.90. The summed E-state index contributed by atoms with van der Waals surface area (Å²) in [7, 11) is 0. The minimum atomic E-state index is -1.01. The number of phenols is 1. The van der Waals surface area contributed by atoms with Crippen LogP contribution in [-0.2, 0) is 14.3 Å². The van der Waals surface area contributed by atoms with Crippen LogP contribution in [0.1, 0.15) is 64.3 Å². The van der Waals surface area contributed by atoms with Crippen molar-refractivity contribution in [2.75, 3.05) is 5.32 Å². The van der Waals surface area contributed by atoms with Gasteiger partial charge in [0.05, 0.1) is 0 Å². The lowest BCUT2D eigenvalue weighted by molar-refractivity contribution is -0.142. The molecule has 0 radical (unpaired) electrons. The second kappa shape index (κ2) is 11.3. The van der Waals surface area contributed by atoms with Gasteiger partial charge in [0.1, 0.15) is 23.4 Å². The number of nitrogens with one attached hydrogen (secondary N) is 2. The number of aryl methyl sites for hydroxylation is 2. The highest BCUT2D eigenvalue weighted by atomic mass is 16.6. The van der Waals surface area contributed by atoms with E-state index in [1.165, 1.54) is 11.0 Å². The first-order chi connectivity index (χ1) is 16.2. The topological polar surface area (TPSA) is 108 Å². The molecular weight excluding hydrogens is 446 g/mol. The van der Waals surface area contributed by atoms with Gasteiger partial charge < -0.3 is 25.4 Å². The van der Waals surface area contributed by atoms with Crippen LogP contribution in [0.5, 0.6) is 5.75 Å². The third-order valence-electron chi connectivity index (χ3n) is 5.38. The molecule has 2 aromatic carbocycles. The fourth-order valence-electron chi connectivity index (χ4n) is 3.65. The molecule has 3 amide bonds. The molecule has 3 N–H and O–H groups in total. The largest absolute Gasteiger partial charge is 0.508 e. The fourth-order valence-corrected chi connectivity index (χ4v) is 3.65. The van der Waals surface area contributed by atoms with Gasteiger partial charge in [0.25, 0.3) is 5.91 Å². The number of hydrogen-bond acceptors (Lipinski definition) is 5. The number of alkyl carbamates (subject to hydrolysis) is 1. The quantitative estimate of drug-likeness (QED) is 0.522. The molecule has 2 unspecified atom stereocenters. The van der Waals surface area contributed by atoms with Gasteiger partial charge >= 0.3 is 6.09 Å². The van der Waals surface area contributed by atoms with E-state index in [9.17, 15) is 19.5 Å². The van der Waals surface area contributed by atoms with Crippen molar-refractivity contribution in [2.24, 2.45) is 0 Å². The van der Waals surface area contributed by atoms with Gasteiger partial charge in [0, 0.05) is 11.7 Å². The summed E-state index contributed by atoms with van der Waals surface area (Å²) < 4.78 is 5.28. The smallest absolute Gasteiger partial charge is 0.408 e. The first-order valence-corrected chi connectivity index (χ1v) is 11.7. The van der Waals surface area contributed by atoms with Crippen molar-refractivity contribution in [1.29, 1.82) is 0 Å². The van der Waals surface area contributed by atoms with Crippen LogP contribution >= 0.6 is 0 Å². The van der Waals surface area contributed by atoms with E-state index in [2.05, 4.69) is 10.6 Å². The van der Waals surface area contributed by atoms with E-state index in [0.29, 0.717) is 16.8 Å². The Morgan fingerprint density at radius 3 is 2.14 bits per heavy atom. The monoisotopic (exact) mass is 483 g/mol. The van der Waals surface area contributed by atoms with Crippen molar-refractivity contribution in [1.82, 2.24) is 10.2 Å². The molecule has 190 valence electrons. The molecule has 0 fully saturated rings. The van der Waals surface area contributed by atoms with E-state index in [1.807, 2.05) is 25.1 Å². The molecular formula is C27H37N3O5. The Labute approximate surface area is 207 Å². The molecule has 0 aliphatic carbocycles. The molecule has 2 aromatic rings. The SMILES string of the molecule is Cc1cc(C(C(=O)Nc2ccccc2C)N(C(=O)C(C)NC(=O)OC(C)(C)C)C(C)C)ccc1O. The van der Waals surface area contributed by atoms with Crippen molar-refractivity contribution in [3.63, 3.8) is 0 Å². The number of ether oxygens (including phenoxy) is 1. The molecule has 0 saturated carbocycles. The summed E-state index contributed by atoms with van der Waals surface area (Å²) in [6, 6.07) is 9.85. The van der Waals surface area contributed by atoms with Crippen LogP contribution in [0.25, 0.3) is 0 Å². The van der Waals surface area contributed by atoms with Crippen molar-refractivity contribution >= 4 is 23.6 Å². The Morgan fingerprint density at radius 1 is 0.971 bits per heavy atom. The zero-order valence-electron chi connectivity index (χ0n) is 21.8. The molecule has 0 heterocycles. The number of benzene rings is 2. The lowest BCUT2D eigenvalue weighted by atomic mass is 9.99. The molecule has 2 rings (SSSR count). The summed E-state index contributed by atoms with van der Waals surface area (Å²) in [4.78, 5) is 41.0. The zero-order valence-corrected chi connectivity index (χ0v) is 21.8. The first-order valence-electron chi connectivity index (χ1n) is 11.7. The molecule has 0 saturated heterocycles. The van der Waals surface area contributed by atoms with Gasteiger partial charge in [-0.05, 0) is 90.3 Å². The van der Waals surface area contributed by atoms with Crippen LogP contribution in [-0.4, -0.2) is 45.6 Å². The summed E-state index contributed by atoms with van der Waals surface area (Å²) in [5.74, 6) is -0.758. The number of rotatable bonds is 7. The van der Waals surface area contributed by atoms with Gasteiger partial charge in [-0.2, -0.15) is 0 Å². The van der Waals surface area contributed by atoms with Gasteiger partial charge in [-0.25, -0.2) is 4.79 Å². The van der Waals surface area contributed by atoms with E-state index in [-0.39, 0.29) is 11.8 Å². The average Bonchev–Trinajstić information content (AvgIpc) is 2.73. The number of amides is 3. The highest BCUT2D eigenvalue weighted by Crippen LogP contribution is 2.30. The van der Waals surface area contributed by atoms with Gasteiger partial charge in [-0.15, -0.1) is 0 Å². The number of nitrogens with zero attached hydrogens (tertiary/aromatic N) is 1. The summed E-state index contributed by atoms with van der Waals surface area (Å²) >= 11 is 0. The highest BCUT2D eigenvalue weighted by Gasteiger charge is 2.36. The number of carbonyl (C=O) groups excluding carboxylic acids is 3. The van der Waals surface area contributed by atoms with E-state index >= 15 is 0 Å². The number of para-hydroxylation sites is 1. The minimum Gasteiger partial charge on any atom is -0.508 e. The standard InChI is InChI=1S/C27H37N3O5/c1-16(2)30(25(33)19(5)28-26(34)35-27(6,7)8)23(20-13-14-22(31)18(4)15-20)24(32)29-21-12-10-9-11-17(21)3/h9-16,19,23,31H,1-8H3,(H,28,34)(H,29,32). The van der Waals surface area contributed by atoms with Crippen molar-refractivity contribution in [2.45, 2.75) is 79.1 Å². The van der Waals surface area contributed by atoms with E-state index < -0.39 is 35.6 Å². The normalized spacial score (nSPS) is 13.1. The van der Waals surface area contributed by atoms with Crippen molar-refractivity contribution in [3.05, 3.63) is 59.2 Å². The lowest BCUT2D eigenvalue weighted by Crippen LogP contribution is -2.53. The Morgan fingerprint density at radius 2 is 1.60 bits per heavy atom. The molecule has 8 nitrogen and oxygen atoms in total. The molecule has 35 heavy (non-hydrogen) atoms. The molecule has 0 aliphatic rings. The second-order valence-electron chi connectivity index (χ2n) is 9.96. The Bertz CT molecular complexity index is 1070. The number of carbonyl (C=O) groups is 3. The fraction of sp³-hybridized carbons (Fsp3) is 0.444. The molecule has 2 atom stereocenters. The van der Waals surface area contributed by atoms with Gasteiger partial charge in [0.15, 0.2) is 0 Å². The second-order valence-corrected chi connectivity index (χ2v) is 9.96. The summed E-state index contributed by atoms with van der Waals surface area (Å²) in [5.41, 5.74) is 1.91. The van der Waals surface area contributed by atoms with Crippen molar-refractivity contribution < 1.29 is 24.2 Å². The van der Waals surface area contributed by atoms with Crippen LogP contribution in [0, 0.1) is 13.8 Å². The molecule has 8 heteroatoms. The molecule has 0 aliphatic heterocycles. The third-order valence-corrected chi connectivity index (χ3v) is 5.38. The number of aromatic hydroxyl groups is 1. The van der Waals surface area contributed by atoms with Gasteiger partial charge in [0.2, 0.25) is 5.91 Å². The predicted molar refractivity (Wildman–Crippen MR) is 136 cm³/mol. The summed E-state index contributed by atoms with van der Waals surface area (Å²) in [6.45, 7) is 14.0. The van der Waals surface area contributed by atoms with Crippen LogP contribution in [0.3, 0.4) is 0 Å². The molecule has 0 bridgehead atoms. The maximum Gasteiger partial charge on any atom is 0.408 e. The number of anilines is 1. The molecule has 0 aromatic heterocycles. The average molecular weight is 484 g/mol. The van der Waals surface area contributed by atoms with Gasteiger partial charge in [-0.1, -0.05) is 24.3 Å². The Hall–Kier alpha value is -3.55. The predicted octanol–water partition coefficient (Wildman–Crippen LogP) is 4.84. The first kappa shape index (κ1) is 27.7. The minimum absolute atomic E-state index is 0.0918. The summed E-state index contributed by atoms with van der Waals surface area (Å²) in [5, 5.41) is 15.5. The van der Waals surface area contributed by atoms with Crippen LogP contribution in [0.2, 0.25) is 0 Å². The summed E-state index contributed by atoms with van der Waals surface area (Å²) in [6.07, 6.45) is -0.719. The van der Waals surface area contributed by atoms with Crippen LogP contribution < -0.4 is 10.6 Å². The van der Waals surface area contributed by atoms with Crippen molar-refractivity contribution in [3.8, 4) is 5.75 Å².